The van der Waals surface area contributed by atoms with Gasteiger partial charge in [0, 0.05) is 17.4 Å². The van der Waals surface area contributed by atoms with Crippen molar-refractivity contribution in [3.63, 3.8) is 0 Å². The van der Waals surface area contributed by atoms with Gasteiger partial charge in [-0.05, 0) is 33.1 Å². The van der Waals surface area contributed by atoms with Crippen LogP contribution in [-0.2, 0) is 4.74 Å². The Morgan fingerprint density at radius 2 is 2.00 bits per heavy atom. The molecule has 6 heteroatoms. The third-order valence-electron chi connectivity index (χ3n) is 3.41. The van der Waals surface area contributed by atoms with E-state index >= 15 is 0 Å². The van der Waals surface area contributed by atoms with Crippen molar-refractivity contribution in [1.29, 1.82) is 0 Å². The van der Waals surface area contributed by atoms with Gasteiger partial charge in [0.05, 0.1) is 6.54 Å². The Kier molecular flexibility index (Phi) is 4.76. The number of nitrogens with zero attached hydrogens (tertiary/aromatic N) is 2. The molecule has 1 aliphatic rings. The van der Waals surface area contributed by atoms with Crippen molar-refractivity contribution in [2.45, 2.75) is 52.7 Å². The molecule has 0 aromatic heterocycles. The summed E-state index contributed by atoms with van der Waals surface area (Å²) < 4.78 is 5.27. The van der Waals surface area contributed by atoms with Crippen LogP contribution in [0.1, 0.15) is 41.0 Å². The third kappa shape index (κ3) is 4.36. The fourth-order valence-corrected chi connectivity index (χ4v) is 2.44. The second kappa shape index (κ2) is 5.75. The second-order valence-electron chi connectivity index (χ2n) is 6.48. The van der Waals surface area contributed by atoms with Crippen LogP contribution in [0, 0.1) is 22.0 Å². The molecule has 6 nitrogen and oxygen atoms in total. The normalized spacial score (nSPS) is 24.4. The lowest BCUT2D eigenvalue weighted by molar-refractivity contribution is -0.537. The third-order valence-corrected chi connectivity index (χ3v) is 3.41. The first kappa shape index (κ1) is 15.7. The molecule has 1 saturated heterocycles. The Hall–Kier alpha value is -1.33. The summed E-state index contributed by atoms with van der Waals surface area (Å²) in [6, 6.07) is -0.693. The van der Waals surface area contributed by atoms with E-state index in [-0.39, 0.29) is 23.3 Å². The molecular formula is C13H24N2O4. The number of carbonyl (C=O) groups is 1. The Morgan fingerprint density at radius 1 is 1.42 bits per heavy atom. The second-order valence-corrected chi connectivity index (χ2v) is 6.48. The first-order valence-electron chi connectivity index (χ1n) is 6.73. The average molecular weight is 272 g/mol. The maximum Gasteiger partial charge on any atom is 0.410 e. The van der Waals surface area contributed by atoms with E-state index in [1.54, 1.807) is 20.8 Å². The highest BCUT2D eigenvalue weighted by Crippen LogP contribution is 2.27. The van der Waals surface area contributed by atoms with Gasteiger partial charge in [0.25, 0.3) is 0 Å². The molecule has 1 heterocycles. The molecule has 1 fully saturated rings. The average Bonchev–Trinajstić information content (AvgIpc) is 2.25. The molecule has 110 valence electrons. The van der Waals surface area contributed by atoms with E-state index in [1.807, 2.05) is 13.8 Å². The van der Waals surface area contributed by atoms with Gasteiger partial charge in [-0.3, -0.25) is 10.1 Å². The zero-order valence-electron chi connectivity index (χ0n) is 12.4. The van der Waals surface area contributed by atoms with Crippen LogP contribution < -0.4 is 0 Å². The maximum atomic E-state index is 11.9. The lowest BCUT2D eigenvalue weighted by Gasteiger charge is -2.36. The first-order valence-corrected chi connectivity index (χ1v) is 6.73. The monoisotopic (exact) mass is 272 g/mol. The summed E-state index contributed by atoms with van der Waals surface area (Å²) in [5.74, 6) is 0.268. The molecule has 0 aromatic rings. The predicted octanol–water partition coefficient (Wildman–Crippen LogP) is 2.54. The highest BCUT2D eigenvalue weighted by atomic mass is 16.6. The van der Waals surface area contributed by atoms with Crippen LogP contribution in [0.4, 0.5) is 4.79 Å². The summed E-state index contributed by atoms with van der Waals surface area (Å²) in [7, 11) is 0. The van der Waals surface area contributed by atoms with Crippen molar-refractivity contribution in [2.75, 3.05) is 13.1 Å². The van der Waals surface area contributed by atoms with E-state index in [2.05, 4.69) is 0 Å². The van der Waals surface area contributed by atoms with E-state index in [0.29, 0.717) is 13.0 Å². The van der Waals surface area contributed by atoms with E-state index in [9.17, 15) is 14.9 Å². The Morgan fingerprint density at radius 3 is 2.42 bits per heavy atom. The summed E-state index contributed by atoms with van der Waals surface area (Å²) >= 11 is 0. The van der Waals surface area contributed by atoms with Crippen molar-refractivity contribution in [3.05, 3.63) is 10.1 Å². The Bertz CT molecular complexity index is 349. The summed E-state index contributed by atoms with van der Waals surface area (Å²) in [6.45, 7) is 10.0. The molecule has 0 aromatic carbocycles. The molecule has 0 bridgehead atoms. The van der Waals surface area contributed by atoms with Gasteiger partial charge in [-0.2, -0.15) is 0 Å². The first-order chi connectivity index (χ1) is 8.61. The molecule has 2 atom stereocenters. The smallest absolute Gasteiger partial charge is 0.410 e. The molecule has 1 rings (SSSR count). The quantitative estimate of drug-likeness (QED) is 0.572. The van der Waals surface area contributed by atoms with E-state index in [0.717, 1.165) is 0 Å². The standard InChI is InChI=1S/C13H24N2O4/c1-9(2)10-6-7-14(8-11(10)15(17)18)12(16)19-13(3,4)5/h9-11H,6-8H2,1-5H3/t10-,11+/m1/s1. The topological polar surface area (TPSA) is 72.7 Å². The van der Waals surface area contributed by atoms with Crippen LogP contribution in [0.5, 0.6) is 0 Å². The van der Waals surface area contributed by atoms with Gasteiger partial charge in [0.1, 0.15) is 5.60 Å². The molecule has 0 N–H and O–H groups in total. The van der Waals surface area contributed by atoms with Crippen molar-refractivity contribution in [1.82, 2.24) is 4.90 Å². The molecule has 1 aliphatic heterocycles. The van der Waals surface area contributed by atoms with Gasteiger partial charge in [-0.1, -0.05) is 13.8 Å². The number of ether oxygens (including phenoxy) is 1. The number of nitro groups is 1. The SMILES string of the molecule is CC(C)[C@H]1CCN(C(=O)OC(C)(C)C)C[C@@H]1[N+](=O)[O-]. The molecule has 0 radical (unpaired) electrons. The lowest BCUT2D eigenvalue weighted by Crippen LogP contribution is -2.52. The van der Waals surface area contributed by atoms with Gasteiger partial charge in [-0.15, -0.1) is 0 Å². The molecule has 19 heavy (non-hydrogen) atoms. The van der Waals surface area contributed by atoms with Crippen LogP contribution in [0.15, 0.2) is 0 Å². The zero-order valence-corrected chi connectivity index (χ0v) is 12.4. The largest absolute Gasteiger partial charge is 0.444 e. The number of likely N-dealkylation sites (tertiary alicyclic amines) is 1. The minimum absolute atomic E-state index is 0.0219. The van der Waals surface area contributed by atoms with Crippen molar-refractivity contribution in [2.24, 2.45) is 11.8 Å². The van der Waals surface area contributed by atoms with Crippen LogP contribution in [0.2, 0.25) is 0 Å². The molecule has 0 spiro atoms. The van der Waals surface area contributed by atoms with Crippen LogP contribution in [0.3, 0.4) is 0 Å². The molecular weight excluding hydrogens is 248 g/mol. The molecule has 0 saturated carbocycles. The van der Waals surface area contributed by atoms with E-state index < -0.39 is 17.7 Å². The van der Waals surface area contributed by atoms with Gasteiger partial charge in [0.15, 0.2) is 0 Å². The van der Waals surface area contributed by atoms with Gasteiger partial charge in [-0.25, -0.2) is 4.79 Å². The highest BCUT2D eigenvalue weighted by Gasteiger charge is 2.41. The molecule has 0 aliphatic carbocycles. The van der Waals surface area contributed by atoms with Gasteiger partial charge < -0.3 is 9.64 Å². The summed E-state index contributed by atoms with van der Waals surface area (Å²) in [6.07, 6.45) is 0.198. The fourth-order valence-electron chi connectivity index (χ4n) is 2.44. The molecule has 1 amide bonds. The highest BCUT2D eigenvalue weighted by molar-refractivity contribution is 5.68. The van der Waals surface area contributed by atoms with Crippen molar-refractivity contribution < 1.29 is 14.5 Å². The number of carbonyl (C=O) groups excluding carboxylic acids is 1. The number of rotatable bonds is 2. The zero-order chi connectivity index (χ0) is 14.8. The number of amides is 1. The number of piperidine rings is 1. The van der Waals surface area contributed by atoms with Gasteiger partial charge >= 0.3 is 6.09 Å². The van der Waals surface area contributed by atoms with Crippen molar-refractivity contribution >= 4 is 6.09 Å². The van der Waals surface area contributed by atoms with Crippen LogP contribution in [-0.4, -0.2) is 40.6 Å². The Labute approximate surface area is 114 Å². The maximum absolute atomic E-state index is 11.9. The summed E-state index contributed by atoms with van der Waals surface area (Å²) in [4.78, 5) is 24.3. The summed E-state index contributed by atoms with van der Waals surface area (Å²) in [5.41, 5.74) is -0.573. The van der Waals surface area contributed by atoms with Crippen molar-refractivity contribution in [3.8, 4) is 0 Å². The van der Waals surface area contributed by atoms with E-state index in [1.165, 1.54) is 4.90 Å². The number of hydrogen-bond donors (Lipinski definition) is 0. The van der Waals surface area contributed by atoms with Crippen LogP contribution >= 0.6 is 0 Å². The van der Waals surface area contributed by atoms with Gasteiger partial charge in [0.2, 0.25) is 6.04 Å². The Balaban J connectivity index is 2.71. The number of hydrogen-bond acceptors (Lipinski definition) is 4. The van der Waals surface area contributed by atoms with E-state index in [4.69, 9.17) is 4.74 Å². The fraction of sp³-hybridized carbons (Fsp3) is 0.923. The predicted molar refractivity (Wildman–Crippen MR) is 71.5 cm³/mol. The minimum Gasteiger partial charge on any atom is -0.444 e. The van der Waals surface area contributed by atoms with Crippen LogP contribution in [0.25, 0.3) is 0 Å². The minimum atomic E-state index is -0.693. The molecule has 0 unspecified atom stereocenters. The lowest BCUT2D eigenvalue weighted by atomic mass is 9.83. The summed E-state index contributed by atoms with van der Waals surface area (Å²) in [5, 5.41) is 11.1.